The van der Waals surface area contributed by atoms with Gasteiger partial charge >= 0.3 is 0 Å². The first-order valence-corrected chi connectivity index (χ1v) is 9.07. The van der Waals surface area contributed by atoms with Gasteiger partial charge in [-0.3, -0.25) is 4.79 Å². The van der Waals surface area contributed by atoms with Crippen LogP contribution >= 0.6 is 0 Å². The largest absolute Gasteiger partial charge is 0.494 e. The summed E-state index contributed by atoms with van der Waals surface area (Å²) in [6.07, 6.45) is 1.70. The Bertz CT molecular complexity index is 713. The molecule has 3 rings (SSSR count). The molecule has 0 saturated carbocycles. The van der Waals surface area contributed by atoms with E-state index in [-0.39, 0.29) is 5.91 Å². The number of hydrogen-bond donors (Lipinski definition) is 1. The molecule has 2 aromatic rings. The SMILES string of the molecule is CCOc1ccc(CC(=O)Nc2ccc(N3CCC(OC)C3)cc2)cc1. The molecular weight excluding hydrogens is 328 g/mol. The van der Waals surface area contributed by atoms with Crippen LogP contribution in [-0.4, -0.2) is 38.8 Å². The summed E-state index contributed by atoms with van der Waals surface area (Å²) in [5.41, 5.74) is 2.94. The lowest BCUT2D eigenvalue weighted by Crippen LogP contribution is -2.22. The average Bonchev–Trinajstić information content (AvgIpc) is 3.13. The highest BCUT2D eigenvalue weighted by Crippen LogP contribution is 2.23. The first-order chi connectivity index (χ1) is 12.7. The van der Waals surface area contributed by atoms with E-state index in [4.69, 9.17) is 9.47 Å². The Morgan fingerprint density at radius 2 is 1.88 bits per heavy atom. The zero-order valence-electron chi connectivity index (χ0n) is 15.4. The van der Waals surface area contributed by atoms with Gasteiger partial charge in [0.2, 0.25) is 5.91 Å². The Balaban J connectivity index is 1.52. The average molecular weight is 354 g/mol. The van der Waals surface area contributed by atoms with Crippen LogP contribution in [0, 0.1) is 0 Å². The molecule has 1 unspecified atom stereocenters. The van der Waals surface area contributed by atoms with Crippen molar-refractivity contribution in [3.63, 3.8) is 0 Å². The van der Waals surface area contributed by atoms with E-state index in [9.17, 15) is 4.79 Å². The number of methoxy groups -OCH3 is 1. The molecule has 0 aromatic heterocycles. The molecule has 1 aliphatic rings. The number of amides is 1. The maximum absolute atomic E-state index is 12.2. The molecule has 138 valence electrons. The summed E-state index contributed by atoms with van der Waals surface area (Å²) >= 11 is 0. The molecule has 0 spiro atoms. The zero-order chi connectivity index (χ0) is 18.4. The molecule has 26 heavy (non-hydrogen) atoms. The maximum Gasteiger partial charge on any atom is 0.228 e. The summed E-state index contributed by atoms with van der Waals surface area (Å²) in [6, 6.07) is 15.6. The van der Waals surface area contributed by atoms with Gasteiger partial charge in [-0.05, 0) is 55.3 Å². The van der Waals surface area contributed by atoms with E-state index in [2.05, 4.69) is 10.2 Å². The van der Waals surface area contributed by atoms with Gasteiger partial charge in [-0.1, -0.05) is 12.1 Å². The quantitative estimate of drug-likeness (QED) is 0.827. The van der Waals surface area contributed by atoms with Crippen LogP contribution in [0.15, 0.2) is 48.5 Å². The lowest BCUT2D eigenvalue weighted by atomic mass is 10.1. The van der Waals surface area contributed by atoms with Crippen molar-refractivity contribution >= 4 is 17.3 Å². The Labute approximate surface area is 154 Å². The van der Waals surface area contributed by atoms with Gasteiger partial charge in [-0.25, -0.2) is 0 Å². The number of anilines is 2. The fraction of sp³-hybridized carbons (Fsp3) is 0.381. The molecule has 1 saturated heterocycles. The minimum Gasteiger partial charge on any atom is -0.494 e. The summed E-state index contributed by atoms with van der Waals surface area (Å²) in [7, 11) is 1.76. The Morgan fingerprint density at radius 1 is 1.15 bits per heavy atom. The van der Waals surface area contributed by atoms with Gasteiger partial charge in [0, 0.05) is 31.6 Å². The molecule has 5 heteroatoms. The van der Waals surface area contributed by atoms with Gasteiger partial charge in [-0.2, -0.15) is 0 Å². The van der Waals surface area contributed by atoms with Crippen molar-refractivity contribution in [1.29, 1.82) is 0 Å². The second kappa shape index (κ2) is 8.72. The second-order valence-corrected chi connectivity index (χ2v) is 6.44. The van der Waals surface area contributed by atoms with Crippen molar-refractivity contribution in [3.05, 3.63) is 54.1 Å². The second-order valence-electron chi connectivity index (χ2n) is 6.44. The predicted molar refractivity (Wildman–Crippen MR) is 104 cm³/mol. The van der Waals surface area contributed by atoms with Crippen LogP contribution in [0.3, 0.4) is 0 Å². The lowest BCUT2D eigenvalue weighted by Gasteiger charge is -2.18. The molecule has 1 fully saturated rings. The van der Waals surface area contributed by atoms with Crippen LogP contribution in [-0.2, 0) is 16.0 Å². The van der Waals surface area contributed by atoms with E-state index in [1.807, 2.05) is 55.5 Å². The first-order valence-electron chi connectivity index (χ1n) is 9.07. The Kier molecular flexibility index (Phi) is 6.12. The smallest absolute Gasteiger partial charge is 0.228 e. The van der Waals surface area contributed by atoms with E-state index in [1.165, 1.54) is 0 Å². The molecule has 1 N–H and O–H groups in total. The normalized spacial score (nSPS) is 16.5. The van der Waals surface area contributed by atoms with E-state index >= 15 is 0 Å². The van der Waals surface area contributed by atoms with Crippen molar-refractivity contribution in [2.24, 2.45) is 0 Å². The molecule has 1 aliphatic heterocycles. The summed E-state index contributed by atoms with van der Waals surface area (Å²) in [5, 5.41) is 2.95. The monoisotopic (exact) mass is 354 g/mol. The minimum absolute atomic E-state index is 0.0254. The molecule has 0 radical (unpaired) electrons. The van der Waals surface area contributed by atoms with Crippen LogP contribution in [0.4, 0.5) is 11.4 Å². The van der Waals surface area contributed by atoms with Crippen LogP contribution in [0.1, 0.15) is 18.9 Å². The van der Waals surface area contributed by atoms with Crippen molar-refractivity contribution in [1.82, 2.24) is 0 Å². The van der Waals surface area contributed by atoms with Crippen molar-refractivity contribution < 1.29 is 14.3 Å². The fourth-order valence-electron chi connectivity index (χ4n) is 3.17. The van der Waals surface area contributed by atoms with Gasteiger partial charge in [0.1, 0.15) is 5.75 Å². The Morgan fingerprint density at radius 3 is 2.50 bits per heavy atom. The van der Waals surface area contributed by atoms with Crippen LogP contribution in [0.2, 0.25) is 0 Å². The number of nitrogens with zero attached hydrogens (tertiary/aromatic N) is 1. The van der Waals surface area contributed by atoms with Gasteiger partial charge in [0.15, 0.2) is 0 Å². The number of nitrogens with one attached hydrogen (secondary N) is 1. The third kappa shape index (κ3) is 4.76. The van der Waals surface area contributed by atoms with E-state index in [0.29, 0.717) is 19.1 Å². The van der Waals surface area contributed by atoms with Crippen LogP contribution in [0.25, 0.3) is 0 Å². The highest BCUT2D eigenvalue weighted by Gasteiger charge is 2.22. The fourth-order valence-corrected chi connectivity index (χ4v) is 3.17. The van der Waals surface area contributed by atoms with Gasteiger partial charge < -0.3 is 19.7 Å². The number of carbonyl (C=O) groups is 1. The summed E-state index contributed by atoms with van der Waals surface area (Å²) in [4.78, 5) is 14.6. The molecule has 5 nitrogen and oxygen atoms in total. The minimum atomic E-state index is -0.0254. The lowest BCUT2D eigenvalue weighted by molar-refractivity contribution is -0.115. The van der Waals surface area contributed by atoms with E-state index < -0.39 is 0 Å². The summed E-state index contributed by atoms with van der Waals surface area (Å²) < 4.78 is 10.8. The van der Waals surface area contributed by atoms with Crippen molar-refractivity contribution in [2.75, 3.05) is 37.0 Å². The Hall–Kier alpha value is -2.53. The molecule has 0 aliphatic carbocycles. The predicted octanol–water partition coefficient (Wildman–Crippen LogP) is 3.49. The molecule has 0 bridgehead atoms. The van der Waals surface area contributed by atoms with Crippen molar-refractivity contribution in [3.8, 4) is 5.75 Å². The number of benzene rings is 2. The number of ether oxygens (including phenoxy) is 2. The standard InChI is InChI=1S/C21H26N2O3/c1-3-26-19-10-4-16(5-11-19)14-21(24)22-17-6-8-18(9-7-17)23-13-12-20(15-23)25-2/h4-11,20H,3,12-15H2,1-2H3,(H,22,24). The molecule has 1 amide bonds. The molecular formula is C21H26N2O3. The van der Waals surface area contributed by atoms with Crippen LogP contribution in [0.5, 0.6) is 5.75 Å². The first kappa shape index (κ1) is 18.3. The topological polar surface area (TPSA) is 50.8 Å². The van der Waals surface area contributed by atoms with Crippen molar-refractivity contribution in [2.45, 2.75) is 25.9 Å². The number of rotatable bonds is 7. The zero-order valence-corrected chi connectivity index (χ0v) is 15.4. The highest BCUT2D eigenvalue weighted by atomic mass is 16.5. The third-order valence-corrected chi connectivity index (χ3v) is 4.59. The van der Waals surface area contributed by atoms with Gasteiger partial charge in [-0.15, -0.1) is 0 Å². The van der Waals surface area contributed by atoms with Gasteiger partial charge in [0.25, 0.3) is 0 Å². The molecule has 1 atom stereocenters. The van der Waals surface area contributed by atoms with E-state index in [1.54, 1.807) is 7.11 Å². The van der Waals surface area contributed by atoms with Gasteiger partial charge in [0.05, 0.1) is 19.1 Å². The maximum atomic E-state index is 12.2. The third-order valence-electron chi connectivity index (χ3n) is 4.59. The number of carbonyl (C=O) groups excluding carboxylic acids is 1. The summed E-state index contributed by atoms with van der Waals surface area (Å²) in [5.74, 6) is 0.799. The summed E-state index contributed by atoms with van der Waals surface area (Å²) in [6.45, 7) is 4.51. The van der Waals surface area contributed by atoms with Crippen LogP contribution < -0.4 is 15.0 Å². The number of hydrogen-bond acceptors (Lipinski definition) is 4. The molecule has 1 heterocycles. The van der Waals surface area contributed by atoms with E-state index in [0.717, 1.165) is 42.2 Å². The molecule has 2 aromatic carbocycles. The highest BCUT2D eigenvalue weighted by molar-refractivity contribution is 5.92.